The van der Waals surface area contributed by atoms with Crippen LogP contribution in [0.3, 0.4) is 0 Å². The number of likely N-dealkylation sites (tertiary alicyclic amines) is 1. The Morgan fingerprint density at radius 2 is 2.12 bits per heavy atom. The molecule has 0 saturated carbocycles. The topological polar surface area (TPSA) is 123 Å². The number of nitrogens with zero attached hydrogens (tertiary/aromatic N) is 3. The molecule has 0 radical (unpaired) electrons. The fourth-order valence-electron chi connectivity index (χ4n) is 4.07. The van der Waals surface area contributed by atoms with E-state index < -0.39 is 6.04 Å². The van der Waals surface area contributed by atoms with Gasteiger partial charge in [-0.1, -0.05) is 26.2 Å². The van der Waals surface area contributed by atoms with Gasteiger partial charge in [-0.15, -0.1) is 0 Å². The van der Waals surface area contributed by atoms with Crippen molar-refractivity contribution in [3.63, 3.8) is 0 Å². The number of unbranched alkanes of at least 4 members (excludes halogenated alkanes) is 3. The molecule has 1 aliphatic rings. The van der Waals surface area contributed by atoms with E-state index in [1.54, 1.807) is 4.90 Å². The maximum Gasteiger partial charge on any atom is 0.247 e. The minimum Gasteiger partial charge on any atom is -0.461 e. The van der Waals surface area contributed by atoms with Crippen molar-refractivity contribution in [1.29, 1.82) is 5.26 Å². The molecule has 3 rings (SSSR count). The van der Waals surface area contributed by atoms with Crippen LogP contribution in [-0.4, -0.2) is 48.3 Å². The quantitative estimate of drug-likeness (QED) is 0.170. The van der Waals surface area contributed by atoms with Crippen molar-refractivity contribution in [2.45, 2.75) is 64.8 Å². The van der Waals surface area contributed by atoms with Crippen LogP contribution in [-0.2, 0) is 9.59 Å². The lowest BCUT2D eigenvalue weighted by atomic mass is 10.1. The SMILES string of the molecule is CCCCCCNC(=O)CN1CCCCC(N=C(NC#N)Nc2ccc3oc(C)cc3c2)C1=O. The fraction of sp³-hybridized carbons (Fsp3) is 0.520. The highest BCUT2D eigenvalue weighted by molar-refractivity contribution is 5.98. The van der Waals surface area contributed by atoms with Gasteiger partial charge in [0.2, 0.25) is 17.8 Å². The Hall–Kier alpha value is -3.54. The molecule has 182 valence electrons. The summed E-state index contributed by atoms with van der Waals surface area (Å²) in [7, 11) is 0. The number of guanidine groups is 1. The number of aliphatic imine (C=N–C) groups is 1. The van der Waals surface area contributed by atoms with Crippen LogP contribution < -0.4 is 16.0 Å². The predicted molar refractivity (Wildman–Crippen MR) is 132 cm³/mol. The number of hydrogen-bond acceptors (Lipinski definition) is 5. The summed E-state index contributed by atoms with van der Waals surface area (Å²) >= 11 is 0. The van der Waals surface area contributed by atoms with Crippen LogP contribution in [0.2, 0.25) is 0 Å². The van der Waals surface area contributed by atoms with Gasteiger partial charge < -0.3 is 20.0 Å². The molecule has 2 heterocycles. The van der Waals surface area contributed by atoms with E-state index in [1.807, 2.05) is 37.4 Å². The Balaban J connectivity index is 1.65. The summed E-state index contributed by atoms with van der Waals surface area (Å²) in [5.74, 6) is 0.665. The van der Waals surface area contributed by atoms with Crippen LogP contribution in [0.25, 0.3) is 11.0 Å². The van der Waals surface area contributed by atoms with E-state index in [9.17, 15) is 14.9 Å². The van der Waals surface area contributed by atoms with Crippen LogP contribution >= 0.6 is 0 Å². The second-order valence-electron chi connectivity index (χ2n) is 8.63. The molecule has 1 aromatic heterocycles. The summed E-state index contributed by atoms with van der Waals surface area (Å²) < 4.78 is 5.60. The highest BCUT2D eigenvalue weighted by Crippen LogP contribution is 2.23. The summed E-state index contributed by atoms with van der Waals surface area (Å²) in [6.07, 6.45) is 8.40. The number of furan rings is 1. The maximum absolute atomic E-state index is 13.2. The third-order valence-electron chi connectivity index (χ3n) is 5.80. The number of benzene rings is 1. The summed E-state index contributed by atoms with van der Waals surface area (Å²) in [5.41, 5.74) is 1.49. The Morgan fingerprint density at radius 3 is 2.91 bits per heavy atom. The van der Waals surface area contributed by atoms with Crippen molar-refractivity contribution in [2.75, 3.05) is 25.0 Å². The molecule has 34 heavy (non-hydrogen) atoms. The number of rotatable bonds is 9. The van der Waals surface area contributed by atoms with Crippen LogP contribution in [0, 0.1) is 18.4 Å². The zero-order valence-electron chi connectivity index (χ0n) is 20.0. The molecule has 2 aromatic rings. The molecule has 1 aliphatic heterocycles. The van der Waals surface area contributed by atoms with E-state index >= 15 is 0 Å². The van der Waals surface area contributed by atoms with Gasteiger partial charge in [0.25, 0.3) is 0 Å². The highest BCUT2D eigenvalue weighted by atomic mass is 16.3. The Labute approximate surface area is 200 Å². The van der Waals surface area contributed by atoms with Crippen LogP contribution in [0.4, 0.5) is 5.69 Å². The first-order chi connectivity index (χ1) is 16.5. The van der Waals surface area contributed by atoms with Crippen molar-refractivity contribution in [3.8, 4) is 6.19 Å². The van der Waals surface area contributed by atoms with E-state index in [0.717, 1.165) is 60.9 Å². The summed E-state index contributed by atoms with van der Waals surface area (Å²) in [5, 5.41) is 18.7. The molecule has 9 nitrogen and oxygen atoms in total. The minimum atomic E-state index is -0.664. The number of hydrogen-bond donors (Lipinski definition) is 3. The van der Waals surface area contributed by atoms with Crippen molar-refractivity contribution in [1.82, 2.24) is 15.5 Å². The number of fused-ring (bicyclic) bond motifs is 1. The van der Waals surface area contributed by atoms with Crippen molar-refractivity contribution in [2.24, 2.45) is 4.99 Å². The molecule has 1 saturated heterocycles. The molecule has 0 spiro atoms. The first-order valence-corrected chi connectivity index (χ1v) is 12.1. The average Bonchev–Trinajstić information content (AvgIpc) is 3.10. The van der Waals surface area contributed by atoms with E-state index in [0.29, 0.717) is 19.5 Å². The number of anilines is 1. The lowest BCUT2D eigenvalue weighted by Gasteiger charge is -2.22. The van der Waals surface area contributed by atoms with Gasteiger partial charge in [0.1, 0.15) is 17.4 Å². The molecule has 1 atom stereocenters. The van der Waals surface area contributed by atoms with Crippen molar-refractivity contribution in [3.05, 3.63) is 30.0 Å². The zero-order chi connectivity index (χ0) is 24.3. The number of nitriles is 1. The smallest absolute Gasteiger partial charge is 0.247 e. The van der Waals surface area contributed by atoms with Gasteiger partial charge in [-0.05, 0) is 56.9 Å². The maximum atomic E-state index is 13.2. The Kier molecular flexibility index (Phi) is 9.32. The van der Waals surface area contributed by atoms with E-state index in [2.05, 4.69) is 27.9 Å². The molecule has 3 N–H and O–H groups in total. The number of carbonyl (C=O) groups excluding carboxylic acids is 2. The van der Waals surface area contributed by atoms with Crippen LogP contribution in [0.5, 0.6) is 0 Å². The summed E-state index contributed by atoms with van der Waals surface area (Å²) in [6, 6.07) is 6.83. The fourth-order valence-corrected chi connectivity index (χ4v) is 4.07. The number of aryl methyl sites for hydroxylation is 1. The number of carbonyl (C=O) groups is 2. The normalized spacial score (nSPS) is 16.7. The number of amides is 2. The lowest BCUT2D eigenvalue weighted by molar-refractivity contribution is -0.136. The van der Waals surface area contributed by atoms with E-state index in [-0.39, 0.29) is 24.3 Å². The molecular weight excluding hydrogens is 432 g/mol. The molecule has 0 aliphatic carbocycles. The number of nitrogens with one attached hydrogen (secondary N) is 3. The lowest BCUT2D eigenvalue weighted by Crippen LogP contribution is -2.44. The van der Waals surface area contributed by atoms with Gasteiger partial charge in [0.15, 0.2) is 6.19 Å². The first kappa shape index (κ1) is 25.1. The van der Waals surface area contributed by atoms with Gasteiger partial charge in [0.05, 0.1) is 6.54 Å². The van der Waals surface area contributed by atoms with E-state index in [4.69, 9.17) is 4.42 Å². The standard InChI is InChI=1S/C25H34N6O3/c1-3-4-5-7-12-27-23(32)16-31-13-8-6-9-21(24(31)33)30-25(28-17-26)29-20-10-11-22-19(15-20)14-18(2)34-22/h10-11,14-15,21H,3-9,12-13,16H2,1-2H3,(H,27,32)(H2,28,29,30). The van der Waals surface area contributed by atoms with Crippen molar-refractivity contribution >= 4 is 34.4 Å². The molecule has 1 fully saturated rings. The van der Waals surface area contributed by atoms with Gasteiger partial charge in [-0.2, -0.15) is 5.26 Å². The Morgan fingerprint density at radius 1 is 1.26 bits per heavy atom. The monoisotopic (exact) mass is 466 g/mol. The van der Waals surface area contributed by atoms with Gasteiger partial charge in [-0.3, -0.25) is 14.9 Å². The third kappa shape index (κ3) is 7.24. The second-order valence-corrected chi connectivity index (χ2v) is 8.63. The van der Waals surface area contributed by atoms with Gasteiger partial charge >= 0.3 is 0 Å². The largest absolute Gasteiger partial charge is 0.461 e. The molecular formula is C25H34N6O3. The van der Waals surface area contributed by atoms with E-state index in [1.165, 1.54) is 0 Å². The van der Waals surface area contributed by atoms with Crippen LogP contribution in [0.1, 0.15) is 57.6 Å². The van der Waals surface area contributed by atoms with Crippen LogP contribution in [0.15, 0.2) is 33.7 Å². The average molecular weight is 467 g/mol. The second kappa shape index (κ2) is 12.6. The van der Waals surface area contributed by atoms with Crippen molar-refractivity contribution < 1.29 is 14.0 Å². The zero-order valence-corrected chi connectivity index (χ0v) is 20.0. The van der Waals surface area contributed by atoms with Gasteiger partial charge in [0, 0.05) is 24.2 Å². The Bertz CT molecular complexity index is 1050. The van der Waals surface area contributed by atoms with Gasteiger partial charge in [-0.25, -0.2) is 4.99 Å². The molecule has 9 heteroatoms. The predicted octanol–water partition coefficient (Wildman–Crippen LogP) is 3.66. The minimum absolute atomic E-state index is 0.0313. The molecule has 2 amide bonds. The summed E-state index contributed by atoms with van der Waals surface area (Å²) in [6.45, 7) is 5.22. The molecule has 0 bridgehead atoms. The summed E-state index contributed by atoms with van der Waals surface area (Å²) in [4.78, 5) is 31.6. The molecule has 1 unspecified atom stereocenters. The molecule has 1 aromatic carbocycles. The first-order valence-electron chi connectivity index (χ1n) is 12.1. The highest BCUT2D eigenvalue weighted by Gasteiger charge is 2.28. The third-order valence-corrected chi connectivity index (χ3v) is 5.80.